The van der Waals surface area contributed by atoms with Gasteiger partial charge in [-0.3, -0.25) is 4.79 Å². The molecule has 3 N–H and O–H groups in total. The lowest BCUT2D eigenvalue weighted by molar-refractivity contribution is -0.119. The second-order valence-corrected chi connectivity index (χ2v) is 5.70. The van der Waals surface area contributed by atoms with Crippen molar-refractivity contribution in [3.8, 4) is 0 Å². The molecule has 21 heavy (non-hydrogen) atoms. The summed E-state index contributed by atoms with van der Waals surface area (Å²) in [6, 6.07) is 4.23. The van der Waals surface area contributed by atoms with Crippen LogP contribution >= 0.6 is 11.6 Å². The minimum absolute atomic E-state index is 0.0162. The normalized spacial score (nSPS) is 21.8. The Balaban J connectivity index is 2.05. The quantitative estimate of drug-likeness (QED) is 0.799. The molecular weight excluding hydrogens is 292 g/mol. The largest absolute Gasteiger partial charge is 0.478 e. The van der Waals surface area contributed by atoms with Gasteiger partial charge >= 0.3 is 5.97 Å². The van der Waals surface area contributed by atoms with Gasteiger partial charge < -0.3 is 15.7 Å². The van der Waals surface area contributed by atoms with Gasteiger partial charge in [0.2, 0.25) is 5.91 Å². The predicted octanol–water partition coefficient (Wildman–Crippen LogP) is 2.75. The van der Waals surface area contributed by atoms with E-state index >= 15 is 0 Å². The standard InChI is InChI=1S/C15H19ClN2O3/c1-2-9-5-6-17-13(7-9)14(19)18-10-3-4-12(16)11(8-10)15(20)21/h3-4,8-9,13,17H,2,5-7H2,1H3,(H,18,19)(H,20,21). The van der Waals surface area contributed by atoms with E-state index in [9.17, 15) is 9.59 Å². The first-order chi connectivity index (χ1) is 10.0. The molecule has 1 amide bonds. The monoisotopic (exact) mass is 310 g/mol. The number of hydrogen-bond acceptors (Lipinski definition) is 3. The number of benzene rings is 1. The maximum absolute atomic E-state index is 12.2. The number of carboxylic acid groups (broad SMARTS) is 1. The van der Waals surface area contributed by atoms with Crippen molar-refractivity contribution < 1.29 is 14.7 Å². The number of amides is 1. The maximum Gasteiger partial charge on any atom is 0.337 e. The molecule has 2 atom stereocenters. The van der Waals surface area contributed by atoms with Crippen LogP contribution < -0.4 is 10.6 Å². The second kappa shape index (κ2) is 6.91. The molecule has 1 aliphatic heterocycles. The van der Waals surface area contributed by atoms with Crippen LogP contribution in [0.1, 0.15) is 36.5 Å². The summed E-state index contributed by atoms with van der Waals surface area (Å²) in [4.78, 5) is 23.3. The summed E-state index contributed by atoms with van der Waals surface area (Å²) in [6.07, 6.45) is 2.96. The van der Waals surface area contributed by atoms with E-state index in [4.69, 9.17) is 16.7 Å². The number of rotatable bonds is 4. The number of aromatic carboxylic acids is 1. The number of carbonyl (C=O) groups excluding carboxylic acids is 1. The van der Waals surface area contributed by atoms with Crippen LogP contribution in [0, 0.1) is 5.92 Å². The fourth-order valence-electron chi connectivity index (χ4n) is 2.56. The highest BCUT2D eigenvalue weighted by molar-refractivity contribution is 6.33. The Morgan fingerprint density at radius 2 is 2.24 bits per heavy atom. The molecule has 0 radical (unpaired) electrons. The van der Waals surface area contributed by atoms with Crippen LogP contribution in [-0.2, 0) is 4.79 Å². The zero-order valence-corrected chi connectivity index (χ0v) is 12.6. The summed E-state index contributed by atoms with van der Waals surface area (Å²) in [5.74, 6) is -0.688. The first kappa shape index (κ1) is 15.8. The van der Waals surface area contributed by atoms with E-state index in [0.717, 1.165) is 25.8 Å². The number of hydrogen-bond donors (Lipinski definition) is 3. The maximum atomic E-state index is 12.2. The van der Waals surface area contributed by atoms with Crippen LogP contribution in [0.25, 0.3) is 0 Å². The van der Waals surface area contributed by atoms with Crippen molar-refractivity contribution in [1.29, 1.82) is 0 Å². The van der Waals surface area contributed by atoms with Gasteiger partial charge in [-0.25, -0.2) is 4.79 Å². The summed E-state index contributed by atoms with van der Waals surface area (Å²) in [5, 5.41) is 15.1. The van der Waals surface area contributed by atoms with E-state index in [2.05, 4.69) is 17.6 Å². The van der Waals surface area contributed by atoms with E-state index in [-0.39, 0.29) is 22.5 Å². The average molecular weight is 311 g/mol. The smallest absolute Gasteiger partial charge is 0.337 e. The van der Waals surface area contributed by atoms with E-state index in [1.165, 1.54) is 12.1 Å². The third-order valence-corrected chi connectivity index (χ3v) is 4.20. The van der Waals surface area contributed by atoms with Gasteiger partial charge in [-0.05, 0) is 43.5 Å². The van der Waals surface area contributed by atoms with E-state index in [1.54, 1.807) is 6.07 Å². The molecule has 6 heteroatoms. The lowest BCUT2D eigenvalue weighted by atomic mass is 9.90. The highest BCUT2D eigenvalue weighted by atomic mass is 35.5. The molecule has 0 spiro atoms. The Labute approximate surface area is 128 Å². The summed E-state index contributed by atoms with van der Waals surface area (Å²) in [7, 11) is 0. The molecule has 1 heterocycles. The Kier molecular flexibility index (Phi) is 5.20. The van der Waals surface area contributed by atoms with Gasteiger partial charge in [0, 0.05) is 5.69 Å². The van der Waals surface area contributed by atoms with E-state index in [0.29, 0.717) is 11.6 Å². The Hall–Kier alpha value is -1.59. The molecule has 0 aliphatic carbocycles. The zero-order chi connectivity index (χ0) is 15.4. The SMILES string of the molecule is CCC1CCNC(C(=O)Nc2ccc(Cl)c(C(=O)O)c2)C1. The minimum atomic E-state index is -1.11. The molecule has 0 bridgehead atoms. The molecule has 0 saturated carbocycles. The predicted molar refractivity (Wildman–Crippen MR) is 81.8 cm³/mol. The van der Waals surface area contributed by atoms with Gasteiger partial charge in [-0.1, -0.05) is 24.9 Å². The molecule has 2 rings (SSSR count). The van der Waals surface area contributed by atoms with Crippen LogP contribution in [-0.4, -0.2) is 29.6 Å². The highest BCUT2D eigenvalue weighted by Crippen LogP contribution is 2.23. The van der Waals surface area contributed by atoms with Crippen molar-refractivity contribution in [2.75, 3.05) is 11.9 Å². The third-order valence-electron chi connectivity index (χ3n) is 3.87. The molecule has 0 aromatic heterocycles. The first-order valence-corrected chi connectivity index (χ1v) is 7.46. The fraction of sp³-hybridized carbons (Fsp3) is 0.467. The van der Waals surface area contributed by atoms with Crippen molar-refractivity contribution in [2.45, 2.75) is 32.2 Å². The lowest BCUT2D eigenvalue weighted by Gasteiger charge is -2.28. The lowest BCUT2D eigenvalue weighted by Crippen LogP contribution is -2.46. The number of piperidine rings is 1. The second-order valence-electron chi connectivity index (χ2n) is 5.29. The summed E-state index contributed by atoms with van der Waals surface area (Å²) in [5.41, 5.74) is 0.430. The molecule has 1 aliphatic rings. The Bertz CT molecular complexity index is 548. The van der Waals surface area contributed by atoms with Crippen molar-refractivity contribution in [2.24, 2.45) is 5.92 Å². The zero-order valence-electron chi connectivity index (χ0n) is 11.9. The molecule has 1 saturated heterocycles. The Morgan fingerprint density at radius 1 is 1.48 bits per heavy atom. The van der Waals surface area contributed by atoms with E-state index < -0.39 is 5.97 Å². The molecule has 5 nitrogen and oxygen atoms in total. The number of halogens is 1. The first-order valence-electron chi connectivity index (χ1n) is 7.08. The van der Waals surface area contributed by atoms with Crippen LogP contribution in [0.4, 0.5) is 5.69 Å². The average Bonchev–Trinajstić information content (AvgIpc) is 2.49. The van der Waals surface area contributed by atoms with Crippen LogP contribution in [0.2, 0.25) is 5.02 Å². The van der Waals surface area contributed by atoms with Crippen molar-refractivity contribution >= 4 is 29.2 Å². The number of anilines is 1. The van der Waals surface area contributed by atoms with Crippen molar-refractivity contribution in [3.05, 3.63) is 28.8 Å². The van der Waals surface area contributed by atoms with Gasteiger partial charge in [-0.15, -0.1) is 0 Å². The number of nitrogens with one attached hydrogen (secondary N) is 2. The van der Waals surface area contributed by atoms with Gasteiger partial charge in [0.05, 0.1) is 16.6 Å². The van der Waals surface area contributed by atoms with Gasteiger partial charge in [0.15, 0.2) is 0 Å². The molecule has 1 aromatic carbocycles. The minimum Gasteiger partial charge on any atom is -0.478 e. The number of carbonyl (C=O) groups is 2. The summed E-state index contributed by atoms with van der Waals surface area (Å²) in [6.45, 7) is 2.96. The number of carboxylic acids is 1. The third kappa shape index (κ3) is 3.95. The molecule has 1 fully saturated rings. The van der Waals surface area contributed by atoms with Gasteiger partial charge in [-0.2, -0.15) is 0 Å². The van der Waals surface area contributed by atoms with Gasteiger partial charge in [0.1, 0.15) is 0 Å². The molecule has 114 valence electrons. The van der Waals surface area contributed by atoms with Gasteiger partial charge in [0.25, 0.3) is 0 Å². The van der Waals surface area contributed by atoms with Crippen LogP contribution in [0.3, 0.4) is 0 Å². The molecular formula is C15H19ClN2O3. The summed E-state index contributed by atoms with van der Waals surface area (Å²) >= 11 is 5.81. The fourth-order valence-corrected chi connectivity index (χ4v) is 2.76. The van der Waals surface area contributed by atoms with Crippen molar-refractivity contribution in [3.63, 3.8) is 0 Å². The van der Waals surface area contributed by atoms with Crippen LogP contribution in [0.5, 0.6) is 0 Å². The molecule has 1 aromatic rings. The molecule has 2 unspecified atom stereocenters. The topological polar surface area (TPSA) is 78.4 Å². The van der Waals surface area contributed by atoms with Crippen LogP contribution in [0.15, 0.2) is 18.2 Å². The summed E-state index contributed by atoms with van der Waals surface area (Å²) < 4.78 is 0. The Morgan fingerprint density at radius 3 is 2.90 bits per heavy atom. The van der Waals surface area contributed by atoms with Crippen molar-refractivity contribution in [1.82, 2.24) is 5.32 Å². The highest BCUT2D eigenvalue weighted by Gasteiger charge is 2.26. The van der Waals surface area contributed by atoms with E-state index in [1.807, 2.05) is 0 Å².